The zero-order valence-electron chi connectivity index (χ0n) is 18.3. The Balaban J connectivity index is 1.46. The van der Waals surface area contributed by atoms with Gasteiger partial charge in [0, 0.05) is 24.3 Å². The molecule has 2 aromatic carbocycles. The van der Waals surface area contributed by atoms with E-state index in [1.54, 1.807) is 16.8 Å². The fraction of sp³-hybridized carbons (Fsp3) is 0.208. The van der Waals surface area contributed by atoms with Gasteiger partial charge in [-0.3, -0.25) is 9.59 Å². The third-order valence-electron chi connectivity index (χ3n) is 5.78. The van der Waals surface area contributed by atoms with Crippen LogP contribution in [0.5, 0.6) is 0 Å². The Bertz CT molecular complexity index is 1330. The molecule has 0 radical (unpaired) electrons. The van der Waals surface area contributed by atoms with Gasteiger partial charge >= 0.3 is 0 Å². The number of hydrogen-bond donors (Lipinski definition) is 2. The van der Waals surface area contributed by atoms with Crippen molar-refractivity contribution in [3.63, 3.8) is 0 Å². The van der Waals surface area contributed by atoms with Gasteiger partial charge in [-0.1, -0.05) is 24.3 Å². The van der Waals surface area contributed by atoms with Crippen LogP contribution in [0, 0.1) is 0 Å². The number of carbonyl (C=O) groups excluding carboxylic acids is 2. The predicted molar refractivity (Wildman–Crippen MR) is 127 cm³/mol. The molecule has 2 aromatic heterocycles. The third-order valence-corrected chi connectivity index (χ3v) is 5.78. The molecule has 5 rings (SSSR count). The molecule has 10 nitrogen and oxygen atoms in total. The first-order chi connectivity index (χ1) is 16.6. The molecule has 1 aliphatic rings. The summed E-state index contributed by atoms with van der Waals surface area (Å²) in [4.78, 5) is 33.6. The second-order valence-electron chi connectivity index (χ2n) is 7.89. The minimum absolute atomic E-state index is 0.0935. The van der Waals surface area contributed by atoms with Gasteiger partial charge in [-0.05, 0) is 29.8 Å². The Kier molecular flexibility index (Phi) is 5.88. The number of nitrogens with one attached hydrogen (secondary N) is 1. The van der Waals surface area contributed by atoms with E-state index in [1.165, 1.54) is 6.33 Å². The molecule has 172 valence electrons. The molecule has 0 spiro atoms. The SMILES string of the molecule is Nc1ncnc2c1c(-c1ccc(CC(=O)N3CCOCC3)cc1)nn2-c1ccc(NC=O)cc1. The van der Waals surface area contributed by atoms with Crippen molar-refractivity contribution in [1.29, 1.82) is 0 Å². The number of hydrogen-bond acceptors (Lipinski definition) is 7. The van der Waals surface area contributed by atoms with Crippen LogP contribution in [0.15, 0.2) is 54.9 Å². The highest BCUT2D eigenvalue weighted by Crippen LogP contribution is 2.32. The lowest BCUT2D eigenvalue weighted by Crippen LogP contribution is -2.41. The van der Waals surface area contributed by atoms with Gasteiger partial charge in [0.1, 0.15) is 17.8 Å². The average Bonchev–Trinajstić information content (AvgIpc) is 3.27. The Morgan fingerprint density at radius 2 is 1.79 bits per heavy atom. The number of benzene rings is 2. The maximum Gasteiger partial charge on any atom is 0.227 e. The standard InChI is InChI=1S/C24H23N7O3/c25-23-21-22(17-3-1-16(2-4-17)13-20(33)30-9-11-34-12-10-30)29-31(24(21)27-14-26-23)19-7-5-18(6-8-19)28-15-32/h1-8,14-15H,9-13H2,(H,28,32)(H2,25,26,27). The van der Waals surface area contributed by atoms with Crippen LogP contribution in [0.25, 0.3) is 28.0 Å². The first kappa shape index (κ1) is 21.5. The molecule has 34 heavy (non-hydrogen) atoms. The largest absolute Gasteiger partial charge is 0.383 e. The molecule has 0 saturated carbocycles. The van der Waals surface area contributed by atoms with Crippen molar-refractivity contribution >= 4 is 34.9 Å². The lowest BCUT2D eigenvalue weighted by molar-refractivity contribution is -0.134. The summed E-state index contributed by atoms with van der Waals surface area (Å²) in [6.07, 6.45) is 2.37. The number of aromatic nitrogens is 4. The van der Waals surface area contributed by atoms with Crippen LogP contribution in [0.2, 0.25) is 0 Å². The Morgan fingerprint density at radius 1 is 1.06 bits per heavy atom. The summed E-state index contributed by atoms with van der Waals surface area (Å²) in [5, 5.41) is 8.05. The molecule has 0 atom stereocenters. The molecule has 1 saturated heterocycles. The van der Waals surface area contributed by atoms with Gasteiger partial charge in [-0.25, -0.2) is 14.6 Å². The first-order valence-corrected chi connectivity index (χ1v) is 10.9. The van der Waals surface area contributed by atoms with E-state index in [4.69, 9.17) is 15.6 Å². The van der Waals surface area contributed by atoms with Crippen LogP contribution < -0.4 is 11.1 Å². The first-order valence-electron chi connectivity index (χ1n) is 10.9. The van der Waals surface area contributed by atoms with Crippen LogP contribution in [-0.4, -0.2) is 63.3 Å². The number of anilines is 2. The maximum absolute atomic E-state index is 12.6. The summed E-state index contributed by atoms with van der Waals surface area (Å²) in [5.41, 5.74) is 10.6. The van der Waals surface area contributed by atoms with Gasteiger partial charge in [0.25, 0.3) is 0 Å². The topological polar surface area (TPSA) is 128 Å². The Hall–Kier alpha value is -4.31. The predicted octanol–water partition coefficient (Wildman–Crippen LogP) is 2.03. The molecule has 1 fully saturated rings. The summed E-state index contributed by atoms with van der Waals surface area (Å²) in [6.45, 7) is 2.43. The van der Waals surface area contributed by atoms with Crippen molar-refractivity contribution < 1.29 is 14.3 Å². The molecule has 0 unspecified atom stereocenters. The van der Waals surface area contributed by atoms with Crippen LogP contribution in [0.3, 0.4) is 0 Å². The average molecular weight is 457 g/mol. The lowest BCUT2D eigenvalue weighted by Gasteiger charge is -2.26. The van der Waals surface area contributed by atoms with Gasteiger partial charge in [0.05, 0.1) is 30.7 Å². The smallest absolute Gasteiger partial charge is 0.227 e. The van der Waals surface area contributed by atoms with Gasteiger partial charge < -0.3 is 20.7 Å². The van der Waals surface area contributed by atoms with E-state index in [2.05, 4.69) is 15.3 Å². The van der Waals surface area contributed by atoms with E-state index in [-0.39, 0.29) is 5.91 Å². The van der Waals surface area contributed by atoms with E-state index in [0.717, 1.165) is 16.8 Å². The molecule has 2 amide bonds. The molecule has 1 aliphatic heterocycles. The van der Waals surface area contributed by atoms with Gasteiger partial charge in [-0.15, -0.1) is 0 Å². The van der Waals surface area contributed by atoms with E-state index in [1.807, 2.05) is 41.3 Å². The minimum atomic E-state index is 0.0935. The molecular weight excluding hydrogens is 434 g/mol. The molecule has 3 N–H and O–H groups in total. The number of nitrogen functional groups attached to an aromatic ring is 1. The fourth-order valence-corrected chi connectivity index (χ4v) is 4.00. The number of nitrogens with zero attached hydrogens (tertiary/aromatic N) is 5. The number of nitrogens with two attached hydrogens (primary N) is 1. The Labute approximate surface area is 195 Å². The zero-order chi connectivity index (χ0) is 23.5. The van der Waals surface area contributed by atoms with Crippen molar-refractivity contribution in [1.82, 2.24) is 24.6 Å². The van der Waals surface area contributed by atoms with Crippen molar-refractivity contribution in [2.24, 2.45) is 0 Å². The van der Waals surface area contributed by atoms with Gasteiger partial charge in [0.2, 0.25) is 12.3 Å². The van der Waals surface area contributed by atoms with Crippen LogP contribution in [0.4, 0.5) is 11.5 Å². The summed E-state index contributed by atoms with van der Waals surface area (Å²) in [7, 11) is 0. The van der Waals surface area contributed by atoms with Gasteiger partial charge in [0.15, 0.2) is 5.65 Å². The third kappa shape index (κ3) is 4.18. The van der Waals surface area contributed by atoms with Crippen molar-refractivity contribution in [2.75, 3.05) is 37.4 Å². The number of fused-ring (bicyclic) bond motifs is 1. The zero-order valence-corrected chi connectivity index (χ0v) is 18.3. The second-order valence-corrected chi connectivity index (χ2v) is 7.89. The molecule has 0 bridgehead atoms. The summed E-state index contributed by atoms with van der Waals surface area (Å²) < 4.78 is 7.02. The highest BCUT2D eigenvalue weighted by atomic mass is 16.5. The Morgan fingerprint density at radius 3 is 2.50 bits per heavy atom. The highest BCUT2D eigenvalue weighted by molar-refractivity contribution is 5.99. The molecular formula is C24H23N7O3. The number of carbonyl (C=O) groups is 2. The fourth-order valence-electron chi connectivity index (χ4n) is 4.00. The number of rotatable bonds is 6. The molecule has 10 heteroatoms. The normalized spacial score (nSPS) is 13.7. The lowest BCUT2D eigenvalue weighted by atomic mass is 10.0. The van der Waals surface area contributed by atoms with Gasteiger partial charge in [-0.2, -0.15) is 5.10 Å². The molecule has 4 aromatic rings. The number of morpholine rings is 1. The molecule has 0 aliphatic carbocycles. The van der Waals surface area contributed by atoms with Crippen LogP contribution in [-0.2, 0) is 20.7 Å². The quantitative estimate of drug-likeness (QED) is 0.424. The summed E-state index contributed by atoms with van der Waals surface area (Å²) in [6, 6.07) is 14.9. The number of amides is 2. The van der Waals surface area contributed by atoms with E-state index in [0.29, 0.717) is 67.4 Å². The van der Waals surface area contributed by atoms with Crippen molar-refractivity contribution in [3.8, 4) is 16.9 Å². The maximum atomic E-state index is 12.6. The van der Waals surface area contributed by atoms with E-state index >= 15 is 0 Å². The minimum Gasteiger partial charge on any atom is -0.383 e. The monoisotopic (exact) mass is 457 g/mol. The van der Waals surface area contributed by atoms with Crippen molar-refractivity contribution in [2.45, 2.75) is 6.42 Å². The van der Waals surface area contributed by atoms with Crippen LogP contribution >= 0.6 is 0 Å². The molecule has 3 heterocycles. The second kappa shape index (κ2) is 9.28. The number of ether oxygens (including phenoxy) is 1. The van der Waals surface area contributed by atoms with E-state index < -0.39 is 0 Å². The summed E-state index contributed by atoms with van der Waals surface area (Å²) in [5.74, 6) is 0.424. The highest BCUT2D eigenvalue weighted by Gasteiger charge is 2.19. The van der Waals surface area contributed by atoms with Crippen molar-refractivity contribution in [3.05, 3.63) is 60.4 Å². The van der Waals surface area contributed by atoms with Crippen LogP contribution in [0.1, 0.15) is 5.56 Å². The van der Waals surface area contributed by atoms with E-state index in [9.17, 15) is 9.59 Å². The summed E-state index contributed by atoms with van der Waals surface area (Å²) >= 11 is 0.